The summed E-state index contributed by atoms with van der Waals surface area (Å²) in [7, 11) is -8.29. The third-order valence-corrected chi connectivity index (χ3v) is 4.12. The van der Waals surface area contributed by atoms with Gasteiger partial charge < -0.3 is 19.6 Å². The fourth-order valence-corrected chi connectivity index (χ4v) is 2.49. The van der Waals surface area contributed by atoms with Crippen molar-refractivity contribution < 1.29 is 28.7 Å². The summed E-state index contributed by atoms with van der Waals surface area (Å²) in [6.07, 6.45) is 1.17. The molecule has 0 aliphatic carbocycles. The average molecular weight is 245 g/mol. The number of rotatable bonds is 6. The second-order valence-electron chi connectivity index (χ2n) is 3.00. The van der Waals surface area contributed by atoms with E-state index in [2.05, 4.69) is 0 Å². The topological polar surface area (TPSA) is 115 Å². The van der Waals surface area contributed by atoms with E-state index < -0.39 is 20.9 Å². The van der Waals surface area contributed by atoms with Crippen LogP contribution in [0.1, 0.15) is 26.2 Å². The fraction of sp³-hybridized carbons (Fsp3) is 0.833. The lowest BCUT2D eigenvalue weighted by atomic mass is 10.2. The molecule has 0 aromatic carbocycles. The molecule has 14 heavy (non-hydrogen) atoms. The first-order valence-electron chi connectivity index (χ1n) is 4.11. The van der Waals surface area contributed by atoms with Crippen LogP contribution < -0.4 is 0 Å². The molecule has 0 spiro atoms. The first kappa shape index (κ1) is 14.3. The van der Waals surface area contributed by atoms with Crippen LogP contribution in [0.3, 0.4) is 0 Å². The van der Waals surface area contributed by atoms with Crippen molar-refractivity contribution >= 4 is 15.2 Å². The lowest BCUT2D eigenvalue weighted by Gasteiger charge is -2.15. The quantitative estimate of drug-likeness (QED) is 0.520. The van der Waals surface area contributed by atoms with E-state index >= 15 is 0 Å². The molecule has 1 unspecified atom stereocenters. The molecular formula is C6H15O6P2. The third-order valence-electron chi connectivity index (χ3n) is 1.81. The number of hydrogen-bond acceptors (Lipinski definition) is 2. The molecule has 6 nitrogen and oxygen atoms in total. The van der Waals surface area contributed by atoms with Gasteiger partial charge in [0.1, 0.15) is 0 Å². The second-order valence-corrected chi connectivity index (χ2v) is 6.45. The van der Waals surface area contributed by atoms with Gasteiger partial charge in [-0.1, -0.05) is 6.92 Å². The summed E-state index contributed by atoms with van der Waals surface area (Å²) in [6.45, 7) is 1.63. The zero-order valence-corrected chi connectivity index (χ0v) is 9.56. The first-order chi connectivity index (χ1) is 6.17. The average Bonchev–Trinajstić information content (AvgIpc) is 1.93. The van der Waals surface area contributed by atoms with Crippen LogP contribution >= 0.6 is 15.2 Å². The van der Waals surface area contributed by atoms with Gasteiger partial charge in [-0.15, -0.1) is 0 Å². The van der Waals surface area contributed by atoms with E-state index in [9.17, 15) is 9.13 Å². The van der Waals surface area contributed by atoms with Gasteiger partial charge in [0.15, 0.2) is 0 Å². The molecule has 8 heteroatoms. The van der Waals surface area contributed by atoms with Crippen molar-refractivity contribution in [2.24, 2.45) is 0 Å². The Morgan fingerprint density at radius 3 is 2.00 bits per heavy atom. The molecule has 0 heterocycles. The molecule has 0 bridgehead atoms. The van der Waals surface area contributed by atoms with Crippen molar-refractivity contribution in [2.45, 2.75) is 31.8 Å². The Bertz CT molecular complexity index is 253. The van der Waals surface area contributed by atoms with Crippen molar-refractivity contribution in [3.8, 4) is 0 Å². The van der Waals surface area contributed by atoms with Crippen LogP contribution in [0.25, 0.3) is 0 Å². The van der Waals surface area contributed by atoms with E-state index in [0.717, 1.165) is 6.16 Å². The second kappa shape index (κ2) is 5.40. The Labute approximate surface area is 82.7 Å². The van der Waals surface area contributed by atoms with Gasteiger partial charge in [-0.2, -0.15) is 0 Å². The first-order valence-corrected chi connectivity index (χ1v) is 7.48. The lowest BCUT2D eigenvalue weighted by Crippen LogP contribution is -2.06. The predicted molar refractivity (Wildman–Crippen MR) is 51.7 cm³/mol. The van der Waals surface area contributed by atoms with E-state index in [0.29, 0.717) is 6.42 Å². The van der Waals surface area contributed by atoms with Gasteiger partial charge in [-0.25, -0.2) is 0 Å². The molecule has 0 fully saturated rings. The van der Waals surface area contributed by atoms with Crippen molar-refractivity contribution in [3.63, 3.8) is 0 Å². The molecule has 0 aromatic heterocycles. The summed E-state index contributed by atoms with van der Waals surface area (Å²) in [4.78, 5) is 34.6. The molecule has 0 rings (SSSR count). The van der Waals surface area contributed by atoms with Crippen LogP contribution in [-0.4, -0.2) is 25.2 Å². The molecule has 0 aliphatic heterocycles. The molecular weight excluding hydrogens is 230 g/mol. The Balaban J connectivity index is 3.99. The van der Waals surface area contributed by atoms with Crippen LogP contribution in [0, 0.1) is 6.16 Å². The van der Waals surface area contributed by atoms with E-state index in [4.69, 9.17) is 19.6 Å². The molecule has 85 valence electrons. The third kappa shape index (κ3) is 6.71. The van der Waals surface area contributed by atoms with Crippen molar-refractivity contribution in [2.75, 3.05) is 0 Å². The van der Waals surface area contributed by atoms with Crippen LogP contribution in [0.5, 0.6) is 0 Å². The highest BCUT2D eigenvalue weighted by Crippen LogP contribution is 2.47. The van der Waals surface area contributed by atoms with Gasteiger partial charge in [-0.3, -0.25) is 9.13 Å². The van der Waals surface area contributed by atoms with Crippen LogP contribution in [-0.2, 0) is 9.13 Å². The Morgan fingerprint density at radius 1 is 1.21 bits per heavy atom. The van der Waals surface area contributed by atoms with Gasteiger partial charge in [-0.05, 0) is 19.3 Å². The van der Waals surface area contributed by atoms with Crippen molar-refractivity contribution in [1.29, 1.82) is 0 Å². The monoisotopic (exact) mass is 245 g/mol. The molecule has 0 saturated carbocycles. The summed E-state index contributed by atoms with van der Waals surface area (Å²) in [5.41, 5.74) is -0.815. The molecule has 0 amide bonds. The maximum absolute atomic E-state index is 10.8. The summed E-state index contributed by atoms with van der Waals surface area (Å²) >= 11 is 0. The van der Waals surface area contributed by atoms with Gasteiger partial charge in [0.05, 0.1) is 11.8 Å². The maximum atomic E-state index is 10.8. The highest BCUT2D eigenvalue weighted by molar-refractivity contribution is 7.54. The molecule has 0 saturated heterocycles. The standard InChI is InChI=1S/C6H15O6P2/c1-2-6(14(10,11)12)4-3-5-13(7,8)9/h5-6H,2-4H2,1H3,(H2,7,8,9)(H2,10,11,12). The Kier molecular flexibility index (Phi) is 5.52. The van der Waals surface area contributed by atoms with Crippen LogP contribution in [0.4, 0.5) is 0 Å². The molecule has 0 aromatic rings. The molecule has 4 N–H and O–H groups in total. The molecule has 1 radical (unpaired) electrons. The Hall–Kier alpha value is 0.300. The highest BCUT2D eigenvalue weighted by Gasteiger charge is 2.27. The minimum absolute atomic E-state index is 0.00783. The Morgan fingerprint density at radius 2 is 1.71 bits per heavy atom. The molecule has 0 aliphatic rings. The van der Waals surface area contributed by atoms with Gasteiger partial charge in [0.25, 0.3) is 0 Å². The zero-order valence-electron chi connectivity index (χ0n) is 7.78. The summed E-state index contributed by atoms with van der Waals surface area (Å²) in [5, 5.41) is 0. The van der Waals surface area contributed by atoms with Crippen LogP contribution in [0.2, 0.25) is 0 Å². The van der Waals surface area contributed by atoms with E-state index in [1.165, 1.54) is 0 Å². The zero-order chi connectivity index (χ0) is 11.4. The predicted octanol–water partition coefficient (Wildman–Crippen LogP) is 1.06. The largest absolute Gasteiger partial charge is 0.329 e. The molecule has 1 atom stereocenters. The normalized spacial score (nSPS) is 15.5. The summed E-state index contributed by atoms with van der Waals surface area (Å²) < 4.78 is 21.2. The SMILES string of the molecule is CCC(CC[CH]P(=O)(O)O)P(=O)(O)O. The maximum Gasteiger partial charge on any atom is 0.329 e. The van der Waals surface area contributed by atoms with Crippen molar-refractivity contribution in [1.82, 2.24) is 0 Å². The fourth-order valence-electron chi connectivity index (χ4n) is 1.05. The summed E-state index contributed by atoms with van der Waals surface area (Å²) in [5.74, 6) is 0. The highest BCUT2D eigenvalue weighted by atomic mass is 31.2. The van der Waals surface area contributed by atoms with Gasteiger partial charge in [0, 0.05) is 0 Å². The van der Waals surface area contributed by atoms with Gasteiger partial charge >= 0.3 is 15.2 Å². The smallest absolute Gasteiger partial charge is 0.324 e. The minimum atomic E-state index is -4.16. The van der Waals surface area contributed by atoms with Gasteiger partial charge in [0.2, 0.25) is 0 Å². The van der Waals surface area contributed by atoms with E-state index in [-0.39, 0.29) is 12.8 Å². The van der Waals surface area contributed by atoms with Crippen LogP contribution in [0.15, 0.2) is 0 Å². The minimum Gasteiger partial charge on any atom is -0.324 e. The summed E-state index contributed by atoms with van der Waals surface area (Å²) in [6, 6.07) is 0. The number of hydrogen-bond donors (Lipinski definition) is 4. The van der Waals surface area contributed by atoms with Crippen molar-refractivity contribution in [3.05, 3.63) is 6.16 Å². The van der Waals surface area contributed by atoms with E-state index in [1.807, 2.05) is 0 Å². The van der Waals surface area contributed by atoms with E-state index in [1.54, 1.807) is 6.92 Å². The lowest BCUT2D eigenvalue weighted by molar-refractivity contribution is 0.350.